The molecular formula is C11H15N5. The summed E-state index contributed by atoms with van der Waals surface area (Å²) in [7, 11) is 0. The first-order valence-corrected chi connectivity index (χ1v) is 5.20. The molecular weight excluding hydrogens is 202 g/mol. The van der Waals surface area contributed by atoms with Crippen LogP contribution >= 0.6 is 0 Å². The molecule has 2 N–H and O–H groups in total. The average molecular weight is 217 g/mol. The van der Waals surface area contributed by atoms with E-state index >= 15 is 0 Å². The highest BCUT2D eigenvalue weighted by molar-refractivity contribution is 5.25. The van der Waals surface area contributed by atoms with Gasteiger partial charge in [0.2, 0.25) is 5.95 Å². The van der Waals surface area contributed by atoms with E-state index in [1.54, 1.807) is 12.4 Å². The highest BCUT2D eigenvalue weighted by Crippen LogP contribution is 2.05. The minimum absolute atomic E-state index is 0.609. The van der Waals surface area contributed by atoms with Gasteiger partial charge in [-0.3, -0.25) is 0 Å². The van der Waals surface area contributed by atoms with Crippen LogP contribution in [0.1, 0.15) is 22.8 Å². The summed E-state index contributed by atoms with van der Waals surface area (Å²) in [5.41, 5.74) is 3.18. The van der Waals surface area contributed by atoms with Gasteiger partial charge in [0.15, 0.2) is 0 Å². The molecule has 0 saturated heterocycles. The van der Waals surface area contributed by atoms with Crippen molar-refractivity contribution in [2.75, 3.05) is 5.32 Å². The summed E-state index contributed by atoms with van der Waals surface area (Å²) in [4.78, 5) is 15.9. The molecule has 5 nitrogen and oxygen atoms in total. The Labute approximate surface area is 94.4 Å². The number of aryl methyl sites for hydroxylation is 3. The lowest BCUT2D eigenvalue weighted by molar-refractivity contribution is 0.956. The van der Waals surface area contributed by atoms with E-state index in [1.165, 1.54) is 0 Å². The molecule has 0 bridgehead atoms. The number of nitrogens with zero attached hydrogens (tertiary/aromatic N) is 3. The van der Waals surface area contributed by atoms with Crippen molar-refractivity contribution in [2.45, 2.75) is 27.3 Å². The second-order valence-corrected chi connectivity index (χ2v) is 3.83. The lowest BCUT2D eigenvalue weighted by Crippen LogP contribution is -2.04. The fourth-order valence-electron chi connectivity index (χ4n) is 1.35. The molecule has 2 aromatic rings. The number of rotatable bonds is 3. The normalized spacial score (nSPS) is 10.4. The smallest absolute Gasteiger partial charge is 0.222 e. The molecule has 0 spiro atoms. The summed E-state index contributed by atoms with van der Waals surface area (Å²) in [6, 6.07) is 0. The summed E-state index contributed by atoms with van der Waals surface area (Å²) < 4.78 is 0. The third kappa shape index (κ3) is 2.36. The van der Waals surface area contributed by atoms with Crippen LogP contribution in [0.3, 0.4) is 0 Å². The van der Waals surface area contributed by atoms with Crippen molar-refractivity contribution in [1.29, 1.82) is 0 Å². The van der Waals surface area contributed by atoms with Crippen LogP contribution in [-0.2, 0) is 6.54 Å². The molecule has 0 aliphatic rings. The van der Waals surface area contributed by atoms with E-state index in [1.807, 2.05) is 20.8 Å². The third-order valence-electron chi connectivity index (χ3n) is 2.37. The Hall–Kier alpha value is -1.91. The van der Waals surface area contributed by atoms with Gasteiger partial charge in [-0.25, -0.2) is 15.0 Å². The average Bonchev–Trinajstić information content (AvgIpc) is 2.58. The minimum Gasteiger partial charge on any atom is -0.347 e. The van der Waals surface area contributed by atoms with Crippen LogP contribution < -0.4 is 5.32 Å². The van der Waals surface area contributed by atoms with E-state index in [9.17, 15) is 0 Å². The molecule has 0 unspecified atom stereocenters. The van der Waals surface area contributed by atoms with Gasteiger partial charge in [0.05, 0.1) is 12.2 Å². The Bertz CT molecular complexity index is 452. The standard InChI is InChI=1S/C11H15N5/c1-7-4-12-11(13-5-7)14-6-10-15-8(2)9(3)16-10/h4-5H,6H2,1-3H3,(H,15,16)(H,12,13,14). The van der Waals surface area contributed by atoms with Crippen LogP contribution in [0.5, 0.6) is 0 Å². The summed E-state index contributed by atoms with van der Waals surface area (Å²) in [6.07, 6.45) is 3.57. The summed E-state index contributed by atoms with van der Waals surface area (Å²) >= 11 is 0. The van der Waals surface area contributed by atoms with Crippen molar-refractivity contribution >= 4 is 5.95 Å². The van der Waals surface area contributed by atoms with Crippen molar-refractivity contribution in [2.24, 2.45) is 0 Å². The number of hydrogen-bond acceptors (Lipinski definition) is 4. The zero-order valence-electron chi connectivity index (χ0n) is 9.70. The molecule has 2 heterocycles. The Morgan fingerprint density at radius 1 is 1.19 bits per heavy atom. The Balaban J connectivity index is 1.99. The van der Waals surface area contributed by atoms with Crippen LogP contribution in [0.4, 0.5) is 5.95 Å². The van der Waals surface area contributed by atoms with Gasteiger partial charge in [-0.1, -0.05) is 0 Å². The van der Waals surface area contributed by atoms with Crippen molar-refractivity contribution in [3.8, 4) is 0 Å². The number of nitrogens with one attached hydrogen (secondary N) is 2. The zero-order chi connectivity index (χ0) is 11.5. The maximum Gasteiger partial charge on any atom is 0.222 e. The molecule has 0 aromatic carbocycles. The van der Waals surface area contributed by atoms with E-state index in [0.29, 0.717) is 12.5 Å². The van der Waals surface area contributed by atoms with Gasteiger partial charge in [0.25, 0.3) is 0 Å². The van der Waals surface area contributed by atoms with Crippen LogP contribution in [0.15, 0.2) is 12.4 Å². The van der Waals surface area contributed by atoms with Gasteiger partial charge < -0.3 is 10.3 Å². The summed E-state index contributed by atoms with van der Waals surface area (Å²) in [5.74, 6) is 1.52. The molecule has 84 valence electrons. The van der Waals surface area contributed by atoms with Crippen molar-refractivity contribution in [3.63, 3.8) is 0 Å². The number of aromatic nitrogens is 4. The first-order valence-electron chi connectivity index (χ1n) is 5.20. The van der Waals surface area contributed by atoms with E-state index in [4.69, 9.17) is 0 Å². The number of aromatic amines is 1. The van der Waals surface area contributed by atoms with Gasteiger partial charge in [-0.2, -0.15) is 0 Å². The molecule has 0 aliphatic carbocycles. The molecule has 2 rings (SSSR count). The molecule has 16 heavy (non-hydrogen) atoms. The van der Waals surface area contributed by atoms with Gasteiger partial charge in [-0.15, -0.1) is 0 Å². The van der Waals surface area contributed by atoms with Gasteiger partial charge in [0, 0.05) is 18.1 Å². The van der Waals surface area contributed by atoms with Gasteiger partial charge in [-0.05, 0) is 26.3 Å². The van der Waals surface area contributed by atoms with E-state index < -0.39 is 0 Å². The Morgan fingerprint density at radius 2 is 1.88 bits per heavy atom. The van der Waals surface area contributed by atoms with E-state index in [0.717, 1.165) is 22.8 Å². The zero-order valence-corrected chi connectivity index (χ0v) is 9.70. The lowest BCUT2D eigenvalue weighted by atomic mass is 10.4. The second-order valence-electron chi connectivity index (χ2n) is 3.83. The first kappa shape index (κ1) is 10.6. The first-order chi connectivity index (χ1) is 7.65. The summed E-state index contributed by atoms with van der Waals surface area (Å²) in [6.45, 7) is 6.56. The second kappa shape index (κ2) is 4.30. The SMILES string of the molecule is Cc1cnc(NCc2nc(C)c(C)[nH]2)nc1. The van der Waals surface area contributed by atoms with Crippen LogP contribution in [-0.4, -0.2) is 19.9 Å². The molecule has 0 saturated carbocycles. The molecule has 0 atom stereocenters. The topological polar surface area (TPSA) is 66.5 Å². The maximum absolute atomic E-state index is 4.37. The molecule has 0 aliphatic heterocycles. The number of imidazole rings is 1. The van der Waals surface area contributed by atoms with Crippen LogP contribution in [0.25, 0.3) is 0 Å². The Kier molecular flexibility index (Phi) is 2.85. The van der Waals surface area contributed by atoms with Crippen molar-refractivity contribution < 1.29 is 0 Å². The molecule has 5 heteroatoms. The minimum atomic E-state index is 0.609. The molecule has 0 radical (unpaired) electrons. The van der Waals surface area contributed by atoms with E-state index in [2.05, 4.69) is 25.3 Å². The van der Waals surface area contributed by atoms with Crippen LogP contribution in [0.2, 0.25) is 0 Å². The van der Waals surface area contributed by atoms with Gasteiger partial charge in [0.1, 0.15) is 5.82 Å². The highest BCUT2D eigenvalue weighted by Gasteiger charge is 2.02. The van der Waals surface area contributed by atoms with E-state index in [-0.39, 0.29) is 0 Å². The van der Waals surface area contributed by atoms with Crippen LogP contribution in [0, 0.1) is 20.8 Å². The lowest BCUT2D eigenvalue weighted by Gasteiger charge is -2.01. The molecule has 0 fully saturated rings. The quantitative estimate of drug-likeness (QED) is 0.821. The van der Waals surface area contributed by atoms with Crippen molar-refractivity contribution in [1.82, 2.24) is 19.9 Å². The Morgan fingerprint density at radius 3 is 2.44 bits per heavy atom. The molecule has 0 amide bonds. The number of anilines is 1. The maximum atomic E-state index is 4.37. The number of H-pyrrole nitrogens is 1. The predicted octanol–water partition coefficient (Wildman–Crippen LogP) is 1.74. The fraction of sp³-hybridized carbons (Fsp3) is 0.364. The predicted molar refractivity (Wildman–Crippen MR) is 62.2 cm³/mol. The summed E-state index contributed by atoms with van der Waals surface area (Å²) in [5, 5.41) is 3.11. The largest absolute Gasteiger partial charge is 0.347 e. The monoisotopic (exact) mass is 217 g/mol. The number of hydrogen-bond donors (Lipinski definition) is 2. The van der Waals surface area contributed by atoms with Gasteiger partial charge >= 0.3 is 0 Å². The fourth-order valence-corrected chi connectivity index (χ4v) is 1.35. The third-order valence-corrected chi connectivity index (χ3v) is 2.37. The highest BCUT2D eigenvalue weighted by atomic mass is 15.1. The van der Waals surface area contributed by atoms with Crippen molar-refractivity contribution in [3.05, 3.63) is 35.2 Å². The molecule has 2 aromatic heterocycles.